The monoisotopic (exact) mass is 252 g/mol. The van der Waals surface area contributed by atoms with Crippen LogP contribution in [0.15, 0.2) is 11.4 Å². The molecular formula is C10H12N4O2S. The van der Waals surface area contributed by atoms with Crippen molar-refractivity contribution in [1.29, 1.82) is 5.26 Å². The summed E-state index contributed by atoms with van der Waals surface area (Å²) < 4.78 is 4.95. The van der Waals surface area contributed by atoms with Crippen LogP contribution in [0.2, 0.25) is 0 Å². The van der Waals surface area contributed by atoms with Crippen LogP contribution in [0.3, 0.4) is 0 Å². The van der Waals surface area contributed by atoms with Gasteiger partial charge in [-0.05, 0) is 13.8 Å². The SMILES string of the molecule is CC(C)OC(=O)CSc1ncc(C#N)c(N)n1. The largest absolute Gasteiger partial charge is 0.462 e. The molecule has 0 saturated carbocycles. The van der Waals surface area contributed by atoms with E-state index < -0.39 is 0 Å². The zero-order valence-electron chi connectivity index (χ0n) is 9.51. The Balaban J connectivity index is 2.56. The van der Waals surface area contributed by atoms with Gasteiger partial charge in [0.05, 0.1) is 18.1 Å². The van der Waals surface area contributed by atoms with Crippen molar-refractivity contribution in [1.82, 2.24) is 9.97 Å². The predicted molar refractivity (Wildman–Crippen MR) is 63.1 cm³/mol. The van der Waals surface area contributed by atoms with Crippen LogP contribution in [-0.4, -0.2) is 27.8 Å². The number of ether oxygens (including phenoxy) is 1. The van der Waals surface area contributed by atoms with Gasteiger partial charge in [0.25, 0.3) is 0 Å². The number of anilines is 1. The van der Waals surface area contributed by atoms with Crippen LogP contribution in [0.5, 0.6) is 0 Å². The van der Waals surface area contributed by atoms with Crippen molar-refractivity contribution in [3.8, 4) is 6.07 Å². The van der Waals surface area contributed by atoms with E-state index in [1.807, 2.05) is 6.07 Å². The number of hydrogen-bond donors (Lipinski definition) is 1. The van der Waals surface area contributed by atoms with E-state index in [1.54, 1.807) is 13.8 Å². The maximum atomic E-state index is 11.3. The maximum Gasteiger partial charge on any atom is 0.316 e. The second-order valence-electron chi connectivity index (χ2n) is 3.39. The maximum absolute atomic E-state index is 11.3. The molecule has 0 saturated heterocycles. The summed E-state index contributed by atoms with van der Waals surface area (Å²) in [5, 5.41) is 8.98. The Morgan fingerprint density at radius 3 is 2.94 bits per heavy atom. The van der Waals surface area contributed by atoms with Crippen molar-refractivity contribution in [2.24, 2.45) is 0 Å². The molecule has 0 aliphatic heterocycles. The van der Waals surface area contributed by atoms with Crippen molar-refractivity contribution in [3.63, 3.8) is 0 Å². The molecule has 0 aliphatic carbocycles. The van der Waals surface area contributed by atoms with Crippen LogP contribution in [0, 0.1) is 11.3 Å². The first kappa shape index (κ1) is 13.3. The number of nitrogens with two attached hydrogens (primary N) is 1. The first-order valence-corrected chi connectivity index (χ1v) is 5.86. The summed E-state index contributed by atoms with van der Waals surface area (Å²) in [7, 11) is 0. The van der Waals surface area contributed by atoms with Gasteiger partial charge in [0.15, 0.2) is 5.16 Å². The van der Waals surface area contributed by atoms with Gasteiger partial charge in [-0.25, -0.2) is 9.97 Å². The minimum atomic E-state index is -0.337. The molecule has 0 spiro atoms. The summed E-state index contributed by atoms with van der Waals surface area (Å²) in [4.78, 5) is 19.1. The molecule has 0 aromatic carbocycles. The number of nitriles is 1. The first-order valence-electron chi connectivity index (χ1n) is 4.87. The Bertz CT molecular complexity index is 456. The molecule has 0 fully saturated rings. The molecule has 17 heavy (non-hydrogen) atoms. The summed E-state index contributed by atoms with van der Waals surface area (Å²) in [6.07, 6.45) is 1.19. The van der Waals surface area contributed by atoms with E-state index in [1.165, 1.54) is 6.20 Å². The molecule has 6 nitrogen and oxygen atoms in total. The Morgan fingerprint density at radius 1 is 1.71 bits per heavy atom. The van der Waals surface area contributed by atoms with Crippen molar-refractivity contribution in [2.75, 3.05) is 11.5 Å². The fraction of sp³-hybridized carbons (Fsp3) is 0.400. The standard InChI is InChI=1S/C10H12N4O2S/c1-6(2)16-8(15)5-17-10-13-4-7(3-11)9(12)14-10/h4,6H,5H2,1-2H3,(H2,12,13,14). The zero-order chi connectivity index (χ0) is 12.8. The Kier molecular flexibility index (Phi) is 4.72. The van der Waals surface area contributed by atoms with E-state index in [0.29, 0.717) is 5.16 Å². The molecule has 0 unspecified atom stereocenters. The number of nitrogen functional groups attached to an aromatic ring is 1. The second kappa shape index (κ2) is 6.06. The van der Waals surface area contributed by atoms with Crippen LogP contribution in [0.25, 0.3) is 0 Å². The van der Waals surface area contributed by atoms with Gasteiger partial charge in [-0.1, -0.05) is 11.8 Å². The van der Waals surface area contributed by atoms with E-state index in [0.717, 1.165) is 11.8 Å². The summed E-state index contributed by atoms with van der Waals surface area (Å²) >= 11 is 1.12. The third kappa shape index (κ3) is 4.28. The molecule has 0 atom stereocenters. The minimum Gasteiger partial charge on any atom is -0.462 e. The predicted octanol–water partition coefficient (Wildman–Crippen LogP) is 0.974. The summed E-state index contributed by atoms with van der Waals surface area (Å²) in [6, 6.07) is 1.86. The van der Waals surface area contributed by atoms with E-state index >= 15 is 0 Å². The molecule has 2 N–H and O–H groups in total. The Morgan fingerprint density at radius 2 is 2.41 bits per heavy atom. The van der Waals surface area contributed by atoms with Gasteiger partial charge in [-0.3, -0.25) is 4.79 Å². The van der Waals surface area contributed by atoms with E-state index in [9.17, 15) is 4.79 Å². The van der Waals surface area contributed by atoms with Gasteiger partial charge in [0.1, 0.15) is 17.5 Å². The van der Waals surface area contributed by atoms with Crippen molar-refractivity contribution >= 4 is 23.5 Å². The van der Waals surface area contributed by atoms with E-state index in [-0.39, 0.29) is 29.2 Å². The molecule has 7 heteroatoms. The zero-order valence-corrected chi connectivity index (χ0v) is 10.3. The fourth-order valence-corrected chi connectivity index (χ4v) is 1.56. The van der Waals surface area contributed by atoms with E-state index in [4.69, 9.17) is 15.7 Å². The molecule has 0 bridgehead atoms. The minimum absolute atomic E-state index is 0.113. The molecule has 0 radical (unpaired) electrons. The number of thioether (sulfide) groups is 1. The van der Waals surface area contributed by atoms with Crippen LogP contribution in [-0.2, 0) is 9.53 Å². The number of hydrogen-bond acceptors (Lipinski definition) is 7. The molecule has 1 aromatic rings. The highest BCUT2D eigenvalue weighted by atomic mass is 32.2. The fourth-order valence-electron chi connectivity index (χ4n) is 0.954. The first-order chi connectivity index (χ1) is 8.02. The Hall–Kier alpha value is -1.81. The molecule has 1 heterocycles. The van der Waals surface area contributed by atoms with Crippen molar-refractivity contribution in [3.05, 3.63) is 11.8 Å². The highest BCUT2D eigenvalue weighted by Gasteiger charge is 2.09. The van der Waals surface area contributed by atoms with Crippen molar-refractivity contribution in [2.45, 2.75) is 25.1 Å². The molecule has 1 rings (SSSR count). The number of aromatic nitrogens is 2. The van der Waals surface area contributed by atoms with Crippen LogP contribution in [0.4, 0.5) is 5.82 Å². The molecule has 1 aromatic heterocycles. The topological polar surface area (TPSA) is 102 Å². The van der Waals surface area contributed by atoms with Gasteiger partial charge in [-0.2, -0.15) is 5.26 Å². The smallest absolute Gasteiger partial charge is 0.316 e. The summed E-state index contributed by atoms with van der Waals surface area (Å²) in [6.45, 7) is 3.55. The van der Waals surface area contributed by atoms with Crippen LogP contribution < -0.4 is 5.73 Å². The quantitative estimate of drug-likeness (QED) is 0.484. The number of carbonyl (C=O) groups is 1. The highest BCUT2D eigenvalue weighted by Crippen LogP contribution is 2.16. The lowest BCUT2D eigenvalue weighted by molar-refractivity contribution is -0.144. The van der Waals surface area contributed by atoms with Gasteiger partial charge >= 0.3 is 5.97 Å². The summed E-state index contributed by atoms with van der Waals surface area (Å²) in [5.74, 6) is -0.109. The van der Waals surface area contributed by atoms with Crippen LogP contribution >= 0.6 is 11.8 Å². The summed E-state index contributed by atoms with van der Waals surface area (Å²) in [5.41, 5.74) is 5.74. The third-order valence-electron chi connectivity index (χ3n) is 1.60. The van der Waals surface area contributed by atoms with Crippen molar-refractivity contribution < 1.29 is 9.53 Å². The van der Waals surface area contributed by atoms with Gasteiger partial charge < -0.3 is 10.5 Å². The van der Waals surface area contributed by atoms with Gasteiger partial charge in [-0.15, -0.1) is 0 Å². The number of nitrogens with zero attached hydrogens (tertiary/aromatic N) is 3. The molecular weight excluding hydrogens is 240 g/mol. The third-order valence-corrected chi connectivity index (χ3v) is 2.44. The lowest BCUT2D eigenvalue weighted by Crippen LogP contribution is -2.13. The number of rotatable bonds is 4. The molecule has 0 aliphatic rings. The number of carbonyl (C=O) groups excluding carboxylic acids is 1. The molecule has 0 amide bonds. The van der Waals surface area contributed by atoms with Gasteiger partial charge in [0.2, 0.25) is 0 Å². The lowest BCUT2D eigenvalue weighted by Gasteiger charge is -2.06. The average Bonchev–Trinajstić information content (AvgIpc) is 2.25. The van der Waals surface area contributed by atoms with E-state index in [2.05, 4.69) is 9.97 Å². The highest BCUT2D eigenvalue weighted by molar-refractivity contribution is 7.99. The second-order valence-corrected chi connectivity index (χ2v) is 4.33. The van der Waals surface area contributed by atoms with Crippen LogP contribution in [0.1, 0.15) is 19.4 Å². The average molecular weight is 252 g/mol. The van der Waals surface area contributed by atoms with Gasteiger partial charge in [0, 0.05) is 0 Å². The number of esters is 1. The molecule has 90 valence electrons. The lowest BCUT2D eigenvalue weighted by atomic mass is 10.3. The normalized spacial score (nSPS) is 10.0. The Labute approximate surface area is 103 Å².